The first kappa shape index (κ1) is 10.8. The van der Waals surface area contributed by atoms with Crippen molar-refractivity contribution < 1.29 is 5.11 Å². The van der Waals surface area contributed by atoms with Crippen LogP contribution in [0.4, 0.5) is 0 Å². The lowest BCUT2D eigenvalue weighted by molar-refractivity contribution is 0.476. The zero-order valence-corrected chi connectivity index (χ0v) is 10.4. The second kappa shape index (κ2) is 3.88. The summed E-state index contributed by atoms with van der Waals surface area (Å²) in [5.74, 6) is 1.08. The molecular formula is C15H14N2O. The van der Waals surface area contributed by atoms with Crippen LogP contribution in [-0.2, 0) is 0 Å². The molecule has 1 aromatic heterocycles. The third-order valence-corrected chi connectivity index (χ3v) is 2.96. The van der Waals surface area contributed by atoms with Crippen LogP contribution in [0.3, 0.4) is 0 Å². The van der Waals surface area contributed by atoms with Crippen molar-refractivity contribution in [3.8, 4) is 17.1 Å². The van der Waals surface area contributed by atoms with E-state index in [1.807, 2.05) is 6.07 Å². The highest BCUT2D eigenvalue weighted by atomic mass is 16.3. The number of hydrogen-bond acceptors (Lipinski definition) is 2. The molecule has 3 aromatic rings. The van der Waals surface area contributed by atoms with E-state index >= 15 is 0 Å². The quantitative estimate of drug-likeness (QED) is 0.681. The van der Waals surface area contributed by atoms with Crippen LogP contribution in [0.2, 0.25) is 0 Å². The summed E-state index contributed by atoms with van der Waals surface area (Å²) in [6.45, 7) is 4.15. The van der Waals surface area contributed by atoms with Crippen LogP contribution in [0, 0.1) is 13.8 Å². The summed E-state index contributed by atoms with van der Waals surface area (Å²) in [7, 11) is 0. The lowest BCUT2D eigenvalue weighted by Gasteiger charge is -2.01. The molecule has 2 N–H and O–H groups in total. The van der Waals surface area contributed by atoms with Crippen LogP contribution in [0.1, 0.15) is 11.1 Å². The fourth-order valence-corrected chi connectivity index (χ4v) is 2.25. The molecule has 0 aliphatic carbocycles. The Morgan fingerprint density at radius 2 is 1.72 bits per heavy atom. The third-order valence-electron chi connectivity index (χ3n) is 2.96. The van der Waals surface area contributed by atoms with E-state index in [0.717, 1.165) is 22.4 Å². The molecule has 90 valence electrons. The van der Waals surface area contributed by atoms with Gasteiger partial charge in [0.15, 0.2) is 0 Å². The van der Waals surface area contributed by atoms with Crippen molar-refractivity contribution in [2.45, 2.75) is 13.8 Å². The predicted molar refractivity (Wildman–Crippen MR) is 72.7 cm³/mol. The van der Waals surface area contributed by atoms with Crippen molar-refractivity contribution in [2.75, 3.05) is 0 Å². The zero-order valence-electron chi connectivity index (χ0n) is 10.4. The molecule has 0 saturated heterocycles. The van der Waals surface area contributed by atoms with Crippen molar-refractivity contribution in [3.05, 3.63) is 47.5 Å². The molecule has 0 atom stereocenters. The van der Waals surface area contributed by atoms with Crippen LogP contribution in [0.5, 0.6) is 5.75 Å². The number of phenolic OH excluding ortho intramolecular Hbond substituents is 1. The number of aryl methyl sites for hydroxylation is 2. The van der Waals surface area contributed by atoms with Gasteiger partial charge in [0.05, 0.1) is 11.0 Å². The molecule has 0 bridgehead atoms. The second-order valence-electron chi connectivity index (χ2n) is 4.66. The summed E-state index contributed by atoms with van der Waals surface area (Å²) in [6, 6.07) is 11.5. The molecule has 2 aromatic carbocycles. The summed E-state index contributed by atoms with van der Waals surface area (Å²) in [6.07, 6.45) is 0. The van der Waals surface area contributed by atoms with Crippen LogP contribution in [0.25, 0.3) is 22.4 Å². The first-order valence-electron chi connectivity index (χ1n) is 5.89. The number of hydrogen-bond donors (Lipinski definition) is 2. The summed E-state index contributed by atoms with van der Waals surface area (Å²) >= 11 is 0. The fraction of sp³-hybridized carbons (Fsp3) is 0.133. The van der Waals surface area contributed by atoms with Gasteiger partial charge in [0.1, 0.15) is 11.6 Å². The molecule has 0 fully saturated rings. The highest BCUT2D eigenvalue weighted by Gasteiger charge is 2.06. The predicted octanol–water partition coefficient (Wildman–Crippen LogP) is 3.55. The van der Waals surface area contributed by atoms with E-state index < -0.39 is 0 Å². The van der Waals surface area contributed by atoms with Crippen LogP contribution in [0.15, 0.2) is 36.4 Å². The largest absolute Gasteiger partial charge is 0.508 e. The van der Waals surface area contributed by atoms with Crippen molar-refractivity contribution in [1.29, 1.82) is 0 Å². The topological polar surface area (TPSA) is 48.9 Å². The first-order chi connectivity index (χ1) is 8.61. The van der Waals surface area contributed by atoms with Gasteiger partial charge in [-0.05, 0) is 38.1 Å². The second-order valence-corrected chi connectivity index (χ2v) is 4.66. The van der Waals surface area contributed by atoms with E-state index in [1.54, 1.807) is 12.1 Å². The number of H-pyrrole nitrogens is 1. The Hall–Kier alpha value is -2.29. The van der Waals surface area contributed by atoms with E-state index in [0.29, 0.717) is 0 Å². The molecule has 0 aliphatic heterocycles. The smallest absolute Gasteiger partial charge is 0.138 e. The van der Waals surface area contributed by atoms with Crippen molar-refractivity contribution in [2.24, 2.45) is 0 Å². The molecule has 0 unspecified atom stereocenters. The highest BCUT2D eigenvalue weighted by molar-refractivity contribution is 5.80. The van der Waals surface area contributed by atoms with Crippen LogP contribution in [-0.4, -0.2) is 15.1 Å². The number of aromatic nitrogens is 2. The van der Waals surface area contributed by atoms with Gasteiger partial charge in [0.25, 0.3) is 0 Å². The molecule has 0 aliphatic rings. The molecule has 3 nitrogen and oxygen atoms in total. The van der Waals surface area contributed by atoms with Gasteiger partial charge in [-0.3, -0.25) is 0 Å². The van der Waals surface area contributed by atoms with E-state index in [-0.39, 0.29) is 5.75 Å². The number of nitrogens with zero attached hydrogens (tertiary/aromatic N) is 1. The molecule has 18 heavy (non-hydrogen) atoms. The van der Waals surface area contributed by atoms with Gasteiger partial charge in [0.2, 0.25) is 0 Å². The Balaban J connectivity index is 2.19. The number of aromatic hydroxyl groups is 1. The van der Waals surface area contributed by atoms with Crippen molar-refractivity contribution in [3.63, 3.8) is 0 Å². The molecule has 0 spiro atoms. The van der Waals surface area contributed by atoms with Gasteiger partial charge in [0, 0.05) is 11.6 Å². The fourth-order valence-electron chi connectivity index (χ4n) is 2.25. The lowest BCUT2D eigenvalue weighted by Crippen LogP contribution is -1.84. The van der Waals surface area contributed by atoms with Crippen molar-refractivity contribution in [1.82, 2.24) is 9.97 Å². The Kier molecular flexibility index (Phi) is 2.33. The minimum absolute atomic E-state index is 0.248. The molecule has 3 heteroatoms. The number of imidazole rings is 1. The molecular weight excluding hydrogens is 224 g/mol. The number of fused-ring (bicyclic) bond motifs is 1. The maximum Gasteiger partial charge on any atom is 0.138 e. The average Bonchev–Trinajstić information content (AvgIpc) is 2.70. The summed E-state index contributed by atoms with van der Waals surface area (Å²) in [5, 5.41) is 9.45. The molecule has 0 radical (unpaired) electrons. The third kappa shape index (κ3) is 1.84. The summed E-state index contributed by atoms with van der Waals surface area (Å²) in [4.78, 5) is 7.78. The number of rotatable bonds is 1. The SMILES string of the molecule is Cc1cc(C)cc(-c2nc3ccc(O)cc3[nH]2)c1. The Bertz CT molecular complexity index is 708. The first-order valence-corrected chi connectivity index (χ1v) is 5.89. The van der Waals surface area contributed by atoms with Gasteiger partial charge in [-0.25, -0.2) is 4.98 Å². The minimum atomic E-state index is 0.248. The molecule has 1 heterocycles. The molecule has 0 saturated carbocycles. The van der Waals surface area contributed by atoms with Crippen LogP contribution >= 0.6 is 0 Å². The maximum atomic E-state index is 9.45. The van der Waals surface area contributed by atoms with Crippen LogP contribution < -0.4 is 0 Å². The van der Waals surface area contributed by atoms with E-state index in [9.17, 15) is 5.11 Å². The van der Waals surface area contributed by atoms with Gasteiger partial charge < -0.3 is 10.1 Å². The number of benzene rings is 2. The minimum Gasteiger partial charge on any atom is -0.508 e. The number of phenols is 1. The zero-order chi connectivity index (χ0) is 12.7. The highest BCUT2D eigenvalue weighted by Crippen LogP contribution is 2.24. The van der Waals surface area contributed by atoms with Gasteiger partial charge in [-0.15, -0.1) is 0 Å². The number of nitrogens with one attached hydrogen (secondary N) is 1. The standard InChI is InChI=1S/C15H14N2O/c1-9-5-10(2)7-11(6-9)15-16-13-4-3-12(18)8-14(13)17-15/h3-8,18H,1-2H3,(H,16,17). The molecule has 0 amide bonds. The maximum absolute atomic E-state index is 9.45. The number of aromatic amines is 1. The normalized spacial score (nSPS) is 11.0. The van der Waals surface area contributed by atoms with E-state index in [4.69, 9.17) is 0 Å². The van der Waals surface area contributed by atoms with E-state index in [2.05, 4.69) is 42.0 Å². The van der Waals surface area contributed by atoms with Crippen molar-refractivity contribution >= 4 is 11.0 Å². The van der Waals surface area contributed by atoms with Gasteiger partial charge >= 0.3 is 0 Å². The Labute approximate surface area is 105 Å². The van der Waals surface area contributed by atoms with Gasteiger partial charge in [-0.1, -0.05) is 17.2 Å². The summed E-state index contributed by atoms with van der Waals surface area (Å²) in [5.41, 5.74) is 5.22. The Morgan fingerprint density at radius 3 is 2.44 bits per heavy atom. The monoisotopic (exact) mass is 238 g/mol. The average molecular weight is 238 g/mol. The lowest BCUT2D eigenvalue weighted by atomic mass is 10.1. The molecule has 3 rings (SSSR count). The van der Waals surface area contributed by atoms with Gasteiger partial charge in [-0.2, -0.15) is 0 Å². The Morgan fingerprint density at radius 1 is 1.00 bits per heavy atom. The van der Waals surface area contributed by atoms with E-state index in [1.165, 1.54) is 11.1 Å². The summed E-state index contributed by atoms with van der Waals surface area (Å²) < 4.78 is 0.